The van der Waals surface area contributed by atoms with Gasteiger partial charge in [-0.3, -0.25) is 14.9 Å². The molecule has 160 valence electrons. The van der Waals surface area contributed by atoms with E-state index in [-0.39, 0.29) is 5.56 Å². The quantitative estimate of drug-likeness (QED) is 0.525. The number of carboxylic acid groups (broad SMARTS) is 2. The third kappa shape index (κ3) is 4.22. The molecule has 4 N–H and O–H groups in total. The summed E-state index contributed by atoms with van der Waals surface area (Å²) in [4.78, 5) is 36.7. The summed E-state index contributed by atoms with van der Waals surface area (Å²) in [5.74, 6) is -2.57. The largest absolute Gasteiger partial charge is 0.493 e. The minimum atomic E-state index is -1.33. The van der Waals surface area contributed by atoms with Crippen LogP contribution in [0.5, 0.6) is 5.75 Å². The van der Waals surface area contributed by atoms with Gasteiger partial charge in [0.15, 0.2) is 6.04 Å². The molecule has 8 nitrogen and oxygen atoms in total. The molecule has 0 aromatic heterocycles. The molecule has 2 aromatic carbocycles. The fourth-order valence-electron chi connectivity index (χ4n) is 3.57. The Balaban J connectivity index is 1.94. The van der Waals surface area contributed by atoms with Crippen molar-refractivity contribution in [2.45, 2.75) is 43.0 Å². The molecule has 1 heterocycles. The van der Waals surface area contributed by atoms with E-state index >= 15 is 0 Å². The van der Waals surface area contributed by atoms with E-state index in [9.17, 15) is 24.6 Å². The van der Waals surface area contributed by atoms with E-state index in [2.05, 4.69) is 10.6 Å². The molecule has 1 fully saturated rings. The molecule has 1 aliphatic heterocycles. The van der Waals surface area contributed by atoms with Crippen LogP contribution in [0.2, 0.25) is 0 Å². The van der Waals surface area contributed by atoms with Crippen molar-refractivity contribution in [2.24, 2.45) is 0 Å². The van der Waals surface area contributed by atoms with E-state index < -0.39 is 40.1 Å². The first-order chi connectivity index (χ1) is 14.2. The van der Waals surface area contributed by atoms with Gasteiger partial charge in [0.1, 0.15) is 11.8 Å². The smallest absolute Gasteiger partial charge is 0.328 e. The Kier molecular flexibility index (Phi) is 6.23. The standard InChI is InChI=1S/C21H24N2O6S/c1-4-29-13-10-9-11-7-5-6-8-12(11)14(13)17(24)22-15(19(25)26)18-23-16(20(27)28)21(2,3)30-18/h5-10,15-16,18,23H,4H2,1-3H3,(H,22,24)(H,25,26)(H,27,28)/t15-,16+,18-/m1/s1. The monoisotopic (exact) mass is 432 g/mol. The van der Waals surface area contributed by atoms with Gasteiger partial charge < -0.3 is 20.3 Å². The van der Waals surface area contributed by atoms with Gasteiger partial charge in [0.2, 0.25) is 0 Å². The predicted molar refractivity (Wildman–Crippen MR) is 114 cm³/mol. The lowest BCUT2D eigenvalue weighted by atomic mass is 10.0. The highest BCUT2D eigenvalue weighted by Crippen LogP contribution is 2.39. The van der Waals surface area contributed by atoms with E-state index in [4.69, 9.17) is 4.74 Å². The number of benzene rings is 2. The lowest BCUT2D eigenvalue weighted by Gasteiger charge is -2.23. The second-order valence-corrected chi connectivity index (χ2v) is 9.26. The van der Waals surface area contributed by atoms with E-state index in [1.165, 1.54) is 11.8 Å². The van der Waals surface area contributed by atoms with E-state index in [0.29, 0.717) is 17.7 Å². The van der Waals surface area contributed by atoms with Crippen LogP contribution in [-0.2, 0) is 9.59 Å². The topological polar surface area (TPSA) is 125 Å². The number of aliphatic carboxylic acids is 2. The SMILES string of the molecule is CCOc1ccc2ccccc2c1C(=O)N[C@@H](C(=O)O)[C@@H]1N[C@@H](C(=O)O)C(C)(C)S1. The van der Waals surface area contributed by atoms with E-state index in [1.54, 1.807) is 39.0 Å². The van der Waals surface area contributed by atoms with Crippen molar-refractivity contribution in [1.82, 2.24) is 10.6 Å². The van der Waals surface area contributed by atoms with Crippen LogP contribution in [-0.4, -0.2) is 56.9 Å². The Morgan fingerprint density at radius 3 is 2.50 bits per heavy atom. The summed E-state index contributed by atoms with van der Waals surface area (Å²) >= 11 is 1.18. The van der Waals surface area contributed by atoms with Crippen LogP contribution in [0.25, 0.3) is 10.8 Å². The fraction of sp³-hybridized carbons (Fsp3) is 0.381. The van der Waals surface area contributed by atoms with Gasteiger partial charge >= 0.3 is 11.9 Å². The first-order valence-electron chi connectivity index (χ1n) is 9.50. The maximum atomic E-state index is 13.2. The van der Waals surface area contributed by atoms with Crippen LogP contribution >= 0.6 is 11.8 Å². The number of nitrogens with one attached hydrogen (secondary N) is 2. The summed E-state index contributed by atoms with van der Waals surface area (Å²) in [5, 5.41) is 25.2. The lowest BCUT2D eigenvalue weighted by Crippen LogP contribution is -2.53. The average molecular weight is 432 g/mol. The summed E-state index contributed by atoms with van der Waals surface area (Å²) < 4.78 is 4.86. The van der Waals surface area contributed by atoms with E-state index in [1.807, 2.05) is 18.2 Å². The molecule has 1 aliphatic rings. The Hall–Kier alpha value is -2.78. The number of carbonyl (C=O) groups excluding carboxylic acids is 1. The van der Waals surface area contributed by atoms with Crippen molar-refractivity contribution in [1.29, 1.82) is 0 Å². The van der Waals surface area contributed by atoms with Crippen molar-refractivity contribution in [3.05, 3.63) is 42.0 Å². The predicted octanol–water partition coefficient (Wildman–Crippen LogP) is 2.32. The summed E-state index contributed by atoms with van der Waals surface area (Å²) in [5.41, 5.74) is 0.248. The zero-order valence-corrected chi connectivity index (χ0v) is 17.7. The lowest BCUT2D eigenvalue weighted by molar-refractivity contribution is -0.142. The number of thioether (sulfide) groups is 1. The van der Waals surface area contributed by atoms with Crippen LogP contribution in [0.4, 0.5) is 0 Å². The second kappa shape index (κ2) is 8.53. The molecule has 0 saturated carbocycles. The molecular formula is C21H24N2O6S. The molecule has 1 amide bonds. The summed E-state index contributed by atoms with van der Waals surface area (Å²) in [7, 11) is 0. The molecular weight excluding hydrogens is 408 g/mol. The number of fused-ring (bicyclic) bond motifs is 1. The fourth-order valence-corrected chi connectivity index (χ4v) is 5.05. The Morgan fingerprint density at radius 2 is 1.90 bits per heavy atom. The summed E-state index contributed by atoms with van der Waals surface area (Å²) in [6, 6.07) is 8.50. The maximum absolute atomic E-state index is 13.2. The van der Waals surface area contributed by atoms with Crippen molar-refractivity contribution in [2.75, 3.05) is 6.61 Å². The Labute approximate surface area is 178 Å². The number of hydrogen-bond donors (Lipinski definition) is 4. The molecule has 9 heteroatoms. The van der Waals surface area contributed by atoms with Crippen LogP contribution < -0.4 is 15.4 Å². The van der Waals surface area contributed by atoms with Gasteiger partial charge in [0, 0.05) is 4.75 Å². The molecule has 0 spiro atoms. The summed E-state index contributed by atoms with van der Waals surface area (Å²) in [6.07, 6.45) is 0. The molecule has 0 bridgehead atoms. The Morgan fingerprint density at radius 1 is 1.20 bits per heavy atom. The third-order valence-corrected chi connectivity index (χ3v) is 6.48. The van der Waals surface area contributed by atoms with Gasteiger partial charge in [-0.15, -0.1) is 11.8 Å². The number of carboxylic acids is 2. The molecule has 0 aliphatic carbocycles. The second-order valence-electron chi connectivity index (χ2n) is 7.46. The third-order valence-electron chi connectivity index (χ3n) is 4.98. The minimum Gasteiger partial charge on any atom is -0.493 e. The van der Waals surface area contributed by atoms with Crippen LogP contribution in [0.1, 0.15) is 31.1 Å². The van der Waals surface area contributed by atoms with Gasteiger partial charge in [-0.05, 0) is 37.6 Å². The van der Waals surface area contributed by atoms with Gasteiger partial charge in [-0.1, -0.05) is 30.3 Å². The molecule has 2 aromatic rings. The Bertz CT molecular complexity index is 993. The average Bonchev–Trinajstić information content (AvgIpc) is 3.00. The van der Waals surface area contributed by atoms with Crippen molar-refractivity contribution >= 4 is 40.4 Å². The number of carbonyl (C=O) groups is 3. The number of ether oxygens (including phenoxy) is 1. The van der Waals surface area contributed by atoms with Gasteiger partial charge in [0.05, 0.1) is 17.5 Å². The van der Waals surface area contributed by atoms with Crippen molar-refractivity contribution < 1.29 is 29.3 Å². The van der Waals surface area contributed by atoms with Crippen LogP contribution in [0.3, 0.4) is 0 Å². The highest BCUT2D eigenvalue weighted by molar-refractivity contribution is 8.01. The maximum Gasteiger partial charge on any atom is 0.328 e. The highest BCUT2D eigenvalue weighted by atomic mass is 32.2. The highest BCUT2D eigenvalue weighted by Gasteiger charge is 2.49. The van der Waals surface area contributed by atoms with Gasteiger partial charge in [0.25, 0.3) is 5.91 Å². The zero-order chi connectivity index (χ0) is 22.1. The normalized spacial score (nSPS) is 21.2. The number of rotatable bonds is 7. The first kappa shape index (κ1) is 21.9. The number of amides is 1. The van der Waals surface area contributed by atoms with Gasteiger partial charge in [-0.25, -0.2) is 4.79 Å². The van der Waals surface area contributed by atoms with Gasteiger partial charge in [-0.2, -0.15) is 0 Å². The molecule has 3 rings (SSSR count). The summed E-state index contributed by atoms with van der Waals surface area (Å²) in [6.45, 7) is 5.59. The molecule has 0 unspecified atom stereocenters. The molecule has 1 saturated heterocycles. The van der Waals surface area contributed by atoms with Crippen LogP contribution in [0.15, 0.2) is 36.4 Å². The number of hydrogen-bond acceptors (Lipinski definition) is 6. The molecule has 0 radical (unpaired) electrons. The molecule has 3 atom stereocenters. The van der Waals surface area contributed by atoms with E-state index in [0.717, 1.165) is 5.39 Å². The zero-order valence-electron chi connectivity index (χ0n) is 16.8. The van der Waals surface area contributed by atoms with Crippen molar-refractivity contribution in [3.63, 3.8) is 0 Å². The van der Waals surface area contributed by atoms with Crippen LogP contribution in [0, 0.1) is 0 Å². The first-order valence-corrected chi connectivity index (χ1v) is 10.4. The van der Waals surface area contributed by atoms with Crippen molar-refractivity contribution in [3.8, 4) is 5.75 Å². The minimum absolute atomic E-state index is 0.248. The molecule has 30 heavy (non-hydrogen) atoms.